The highest BCUT2D eigenvalue weighted by Crippen LogP contribution is 2.20. The van der Waals surface area contributed by atoms with Gasteiger partial charge in [-0.3, -0.25) is 4.98 Å². The molecule has 2 heterocycles. The molecule has 3 heteroatoms. The van der Waals surface area contributed by atoms with Crippen molar-refractivity contribution in [3.63, 3.8) is 0 Å². The number of pyridine rings is 1. The first-order chi connectivity index (χ1) is 6.77. The van der Waals surface area contributed by atoms with E-state index in [0.717, 1.165) is 18.7 Å². The van der Waals surface area contributed by atoms with Gasteiger partial charge in [0.15, 0.2) is 0 Å². The van der Waals surface area contributed by atoms with Gasteiger partial charge in [0.2, 0.25) is 0 Å². The van der Waals surface area contributed by atoms with Crippen LogP contribution in [-0.2, 0) is 4.74 Å². The third kappa shape index (κ3) is 1.87. The minimum Gasteiger partial charge on any atom is -0.378 e. The molecule has 1 fully saturated rings. The summed E-state index contributed by atoms with van der Waals surface area (Å²) in [6, 6.07) is 2.45. The van der Waals surface area contributed by atoms with E-state index in [0.29, 0.717) is 12.1 Å². The zero-order valence-corrected chi connectivity index (χ0v) is 8.66. The molecule has 0 spiro atoms. The Labute approximate surface area is 84.5 Å². The van der Waals surface area contributed by atoms with E-state index in [1.54, 1.807) is 0 Å². The van der Waals surface area contributed by atoms with E-state index < -0.39 is 0 Å². The van der Waals surface area contributed by atoms with Gasteiger partial charge in [0.1, 0.15) is 0 Å². The Kier molecular flexibility index (Phi) is 2.68. The van der Waals surface area contributed by atoms with Crippen LogP contribution in [0.4, 0.5) is 5.69 Å². The molecule has 76 valence electrons. The maximum Gasteiger partial charge on any atom is 0.0748 e. The van der Waals surface area contributed by atoms with Crippen LogP contribution in [0.25, 0.3) is 0 Å². The summed E-state index contributed by atoms with van der Waals surface area (Å²) in [6.45, 7) is 5.05. The predicted molar refractivity (Wildman–Crippen MR) is 56.4 cm³/mol. The van der Waals surface area contributed by atoms with Crippen molar-refractivity contribution in [2.24, 2.45) is 0 Å². The Bertz CT molecular complexity index is 314. The minimum absolute atomic E-state index is 0.301. The number of rotatable bonds is 2. The topological polar surface area (TPSA) is 34.2 Å². The molecular weight excluding hydrogens is 176 g/mol. The second-order valence-electron chi connectivity index (χ2n) is 3.81. The third-order valence-electron chi connectivity index (χ3n) is 2.76. The van der Waals surface area contributed by atoms with Gasteiger partial charge in [-0.2, -0.15) is 0 Å². The molecule has 14 heavy (non-hydrogen) atoms. The van der Waals surface area contributed by atoms with Gasteiger partial charge < -0.3 is 10.1 Å². The van der Waals surface area contributed by atoms with E-state index in [2.05, 4.69) is 24.1 Å². The summed E-state index contributed by atoms with van der Waals surface area (Å²) >= 11 is 0. The monoisotopic (exact) mass is 192 g/mol. The summed E-state index contributed by atoms with van der Waals surface area (Å²) in [5.74, 6) is 0. The normalized spacial score (nSPS) is 26.4. The van der Waals surface area contributed by atoms with Crippen LogP contribution in [0.5, 0.6) is 0 Å². The largest absolute Gasteiger partial charge is 0.378 e. The lowest BCUT2D eigenvalue weighted by Gasteiger charge is -2.18. The van der Waals surface area contributed by atoms with Crippen LogP contribution in [0.15, 0.2) is 18.5 Å². The van der Waals surface area contributed by atoms with Crippen LogP contribution in [0, 0.1) is 6.92 Å². The Morgan fingerprint density at radius 3 is 3.07 bits per heavy atom. The van der Waals surface area contributed by atoms with Crippen molar-refractivity contribution in [3.8, 4) is 0 Å². The number of anilines is 1. The highest BCUT2D eigenvalue weighted by Gasteiger charge is 2.24. The van der Waals surface area contributed by atoms with Crippen molar-refractivity contribution in [3.05, 3.63) is 24.0 Å². The van der Waals surface area contributed by atoms with Gasteiger partial charge in [-0.1, -0.05) is 0 Å². The van der Waals surface area contributed by atoms with Gasteiger partial charge in [0, 0.05) is 12.8 Å². The van der Waals surface area contributed by atoms with Crippen LogP contribution in [0.2, 0.25) is 0 Å². The molecule has 0 aliphatic carbocycles. The molecule has 2 rings (SSSR count). The fraction of sp³-hybridized carbons (Fsp3) is 0.545. The molecular formula is C11H16N2O. The number of hydrogen-bond donors (Lipinski definition) is 1. The van der Waals surface area contributed by atoms with Crippen molar-refractivity contribution >= 4 is 5.69 Å². The average Bonchev–Trinajstić information content (AvgIpc) is 2.56. The van der Waals surface area contributed by atoms with Crippen molar-refractivity contribution in [1.82, 2.24) is 4.98 Å². The van der Waals surface area contributed by atoms with Crippen molar-refractivity contribution < 1.29 is 4.74 Å². The standard InChI is InChI=1S/C11H16N2O/c1-8-3-5-12-7-11(8)13-10-4-6-14-9(10)2/h3,5,7,9-10,13H,4,6H2,1-2H3/t9-,10+/m1/s1. The fourth-order valence-electron chi connectivity index (χ4n) is 1.74. The maximum atomic E-state index is 5.49. The molecule has 1 aromatic rings. The highest BCUT2D eigenvalue weighted by atomic mass is 16.5. The summed E-state index contributed by atoms with van der Waals surface area (Å²) in [6.07, 6.45) is 5.07. The van der Waals surface area contributed by atoms with Gasteiger partial charge in [-0.15, -0.1) is 0 Å². The van der Waals surface area contributed by atoms with E-state index in [1.165, 1.54) is 5.56 Å². The molecule has 2 atom stereocenters. The number of ether oxygens (including phenoxy) is 1. The molecule has 0 bridgehead atoms. The number of nitrogens with zero attached hydrogens (tertiary/aromatic N) is 1. The van der Waals surface area contributed by atoms with Gasteiger partial charge in [0.25, 0.3) is 0 Å². The molecule has 0 aromatic carbocycles. The zero-order valence-electron chi connectivity index (χ0n) is 8.66. The summed E-state index contributed by atoms with van der Waals surface area (Å²) in [4.78, 5) is 4.11. The lowest BCUT2D eigenvalue weighted by atomic mass is 10.1. The average molecular weight is 192 g/mol. The molecule has 1 N–H and O–H groups in total. The summed E-state index contributed by atoms with van der Waals surface area (Å²) < 4.78 is 5.49. The van der Waals surface area contributed by atoms with Crippen molar-refractivity contribution in [1.29, 1.82) is 0 Å². The van der Waals surface area contributed by atoms with Crippen molar-refractivity contribution in [2.75, 3.05) is 11.9 Å². The maximum absolute atomic E-state index is 5.49. The lowest BCUT2D eigenvalue weighted by Crippen LogP contribution is -2.27. The Morgan fingerprint density at radius 1 is 1.57 bits per heavy atom. The molecule has 0 radical (unpaired) electrons. The van der Waals surface area contributed by atoms with Gasteiger partial charge in [-0.25, -0.2) is 0 Å². The molecule has 0 saturated carbocycles. The second kappa shape index (κ2) is 3.96. The third-order valence-corrected chi connectivity index (χ3v) is 2.76. The molecule has 1 saturated heterocycles. The van der Waals surface area contributed by atoms with E-state index in [4.69, 9.17) is 4.74 Å². The summed E-state index contributed by atoms with van der Waals surface area (Å²) in [5.41, 5.74) is 2.36. The van der Waals surface area contributed by atoms with E-state index in [9.17, 15) is 0 Å². The SMILES string of the molecule is Cc1ccncc1N[C@H]1CCO[C@@H]1C. The lowest BCUT2D eigenvalue weighted by molar-refractivity contribution is 0.121. The molecule has 1 aromatic heterocycles. The molecule has 1 aliphatic heterocycles. The van der Waals surface area contributed by atoms with E-state index in [1.807, 2.05) is 18.5 Å². The van der Waals surface area contributed by atoms with Crippen LogP contribution < -0.4 is 5.32 Å². The predicted octanol–water partition coefficient (Wildman–Crippen LogP) is 1.98. The molecule has 0 unspecified atom stereocenters. The summed E-state index contributed by atoms with van der Waals surface area (Å²) in [5, 5.41) is 3.47. The zero-order chi connectivity index (χ0) is 9.97. The smallest absolute Gasteiger partial charge is 0.0748 e. The number of aromatic nitrogens is 1. The highest BCUT2D eigenvalue weighted by molar-refractivity contribution is 5.49. The quantitative estimate of drug-likeness (QED) is 0.778. The minimum atomic E-state index is 0.301. The number of nitrogens with one attached hydrogen (secondary N) is 1. The number of hydrogen-bond acceptors (Lipinski definition) is 3. The fourth-order valence-corrected chi connectivity index (χ4v) is 1.74. The van der Waals surface area contributed by atoms with Crippen LogP contribution in [0.3, 0.4) is 0 Å². The van der Waals surface area contributed by atoms with Crippen LogP contribution >= 0.6 is 0 Å². The Hall–Kier alpha value is -1.09. The van der Waals surface area contributed by atoms with Crippen LogP contribution in [-0.4, -0.2) is 23.7 Å². The first-order valence-electron chi connectivity index (χ1n) is 5.06. The second-order valence-corrected chi connectivity index (χ2v) is 3.81. The first kappa shape index (κ1) is 9.46. The van der Waals surface area contributed by atoms with Gasteiger partial charge in [0.05, 0.1) is 24.0 Å². The molecule has 0 amide bonds. The first-order valence-corrected chi connectivity index (χ1v) is 5.06. The Morgan fingerprint density at radius 2 is 2.43 bits per heavy atom. The van der Waals surface area contributed by atoms with Crippen LogP contribution in [0.1, 0.15) is 18.9 Å². The van der Waals surface area contributed by atoms with E-state index in [-0.39, 0.29) is 0 Å². The number of aryl methyl sites for hydroxylation is 1. The van der Waals surface area contributed by atoms with Gasteiger partial charge in [-0.05, 0) is 31.9 Å². The molecule has 1 aliphatic rings. The van der Waals surface area contributed by atoms with Gasteiger partial charge >= 0.3 is 0 Å². The molecule has 3 nitrogen and oxygen atoms in total. The Balaban J connectivity index is 2.07. The summed E-state index contributed by atoms with van der Waals surface area (Å²) in [7, 11) is 0. The van der Waals surface area contributed by atoms with Crippen molar-refractivity contribution in [2.45, 2.75) is 32.4 Å². The van der Waals surface area contributed by atoms with E-state index >= 15 is 0 Å².